The summed E-state index contributed by atoms with van der Waals surface area (Å²) in [5, 5.41) is 8.96. The van der Waals surface area contributed by atoms with Gasteiger partial charge in [0.1, 0.15) is 12.7 Å². The first-order chi connectivity index (χ1) is 9.08. The van der Waals surface area contributed by atoms with Crippen LogP contribution in [0.5, 0.6) is 0 Å². The van der Waals surface area contributed by atoms with Crippen molar-refractivity contribution >= 4 is 16.1 Å². The molecule has 0 aliphatic carbocycles. The number of nitrogens with zero attached hydrogens (tertiary/aromatic N) is 1. The van der Waals surface area contributed by atoms with Crippen LogP contribution in [0, 0.1) is 16.7 Å². The summed E-state index contributed by atoms with van der Waals surface area (Å²) >= 11 is 0. The van der Waals surface area contributed by atoms with Gasteiger partial charge in [-0.25, -0.2) is 0 Å². The van der Waals surface area contributed by atoms with Crippen molar-refractivity contribution in [2.45, 2.75) is 24.5 Å². The first kappa shape index (κ1) is 16.5. The van der Waals surface area contributed by atoms with E-state index in [4.69, 9.17) is 5.26 Å². The van der Waals surface area contributed by atoms with Crippen molar-refractivity contribution in [3.05, 3.63) is 12.7 Å². The Morgan fingerprint density at radius 2 is 2.20 bits per heavy atom. The fraction of sp³-hybridized carbons (Fsp3) is 0.600. The summed E-state index contributed by atoms with van der Waals surface area (Å²) in [5.74, 6) is -0.932. The Morgan fingerprint density at radius 1 is 1.60 bits per heavy atom. The average molecular weight is 313 g/mol. The van der Waals surface area contributed by atoms with Gasteiger partial charge in [-0.1, -0.05) is 6.08 Å². The van der Waals surface area contributed by atoms with Crippen molar-refractivity contribution in [3.63, 3.8) is 0 Å². The molecule has 1 aliphatic heterocycles. The summed E-state index contributed by atoms with van der Waals surface area (Å²) in [4.78, 5) is 11.5. The van der Waals surface area contributed by atoms with Gasteiger partial charge in [-0.05, 0) is 6.42 Å². The molecule has 0 spiro atoms. The molecule has 20 heavy (non-hydrogen) atoms. The third-order valence-corrected chi connectivity index (χ3v) is 3.65. The van der Waals surface area contributed by atoms with Crippen LogP contribution < -0.4 is 0 Å². The number of ether oxygens (including phenoxy) is 1. The molecule has 0 aromatic heterocycles. The van der Waals surface area contributed by atoms with E-state index >= 15 is 0 Å². The Labute approximate surface area is 112 Å². The summed E-state index contributed by atoms with van der Waals surface area (Å²) in [6.07, 6.45) is -0.258. The van der Waals surface area contributed by atoms with E-state index in [1.165, 1.54) is 6.08 Å². The number of hydrogen-bond donors (Lipinski definition) is 0. The standard InChI is InChI=1S/C10H10F3NO5S/c1-2-3-9(6-14)4-7(19-8(9)15)5-18-20(16,17)10(11,12)13/h2,7H,1,3-5H2. The normalized spacial score (nSPS) is 26.9. The summed E-state index contributed by atoms with van der Waals surface area (Å²) in [6, 6.07) is 1.71. The number of hydrogen-bond acceptors (Lipinski definition) is 6. The minimum absolute atomic E-state index is 0.0507. The summed E-state index contributed by atoms with van der Waals surface area (Å²) in [5.41, 5.74) is -7.11. The van der Waals surface area contributed by atoms with Gasteiger partial charge < -0.3 is 4.74 Å². The Morgan fingerprint density at radius 3 is 2.65 bits per heavy atom. The molecule has 1 heterocycles. The molecule has 112 valence electrons. The second-order valence-electron chi connectivity index (χ2n) is 4.10. The third-order valence-electron chi connectivity index (χ3n) is 2.64. The highest BCUT2D eigenvalue weighted by Crippen LogP contribution is 2.37. The van der Waals surface area contributed by atoms with Crippen LogP contribution in [0.15, 0.2) is 12.7 Å². The van der Waals surface area contributed by atoms with E-state index in [1.807, 2.05) is 0 Å². The van der Waals surface area contributed by atoms with Crippen molar-refractivity contribution < 1.29 is 35.3 Å². The number of carbonyl (C=O) groups is 1. The molecular weight excluding hydrogens is 303 g/mol. The Kier molecular flexibility index (Phi) is 4.45. The maximum Gasteiger partial charge on any atom is 0.523 e. The molecule has 0 bridgehead atoms. The summed E-state index contributed by atoms with van der Waals surface area (Å²) in [7, 11) is -5.75. The Bertz CT molecular complexity index is 550. The molecule has 1 saturated heterocycles. The van der Waals surface area contributed by atoms with Crippen LogP contribution in [0.1, 0.15) is 12.8 Å². The number of alkyl halides is 3. The van der Waals surface area contributed by atoms with Gasteiger partial charge in [0, 0.05) is 6.42 Å². The lowest BCUT2D eigenvalue weighted by Crippen LogP contribution is -2.29. The number of halogens is 3. The number of cyclic esters (lactones) is 1. The molecule has 0 aromatic rings. The largest absolute Gasteiger partial charge is 0.523 e. The lowest BCUT2D eigenvalue weighted by Gasteiger charge is -2.13. The lowest BCUT2D eigenvalue weighted by molar-refractivity contribution is -0.147. The second kappa shape index (κ2) is 5.41. The van der Waals surface area contributed by atoms with Crippen LogP contribution in [0.25, 0.3) is 0 Å². The van der Waals surface area contributed by atoms with Crippen molar-refractivity contribution in [1.82, 2.24) is 0 Å². The van der Waals surface area contributed by atoms with Gasteiger partial charge in [-0.3, -0.25) is 8.98 Å². The molecule has 0 amide bonds. The van der Waals surface area contributed by atoms with Crippen LogP contribution in [-0.4, -0.2) is 32.6 Å². The van der Waals surface area contributed by atoms with Crippen molar-refractivity contribution in [2.75, 3.05) is 6.61 Å². The molecule has 0 radical (unpaired) electrons. The highest BCUT2D eigenvalue weighted by molar-refractivity contribution is 7.87. The fourth-order valence-electron chi connectivity index (χ4n) is 1.65. The zero-order valence-electron chi connectivity index (χ0n) is 10.0. The maximum absolute atomic E-state index is 12.0. The van der Waals surface area contributed by atoms with Crippen molar-refractivity contribution in [1.29, 1.82) is 5.26 Å². The molecule has 2 unspecified atom stereocenters. The molecule has 2 atom stereocenters. The quantitative estimate of drug-likeness (QED) is 0.328. The minimum Gasteiger partial charge on any atom is -0.459 e. The lowest BCUT2D eigenvalue weighted by atomic mass is 9.83. The van der Waals surface area contributed by atoms with E-state index in [9.17, 15) is 26.4 Å². The molecule has 1 fully saturated rings. The van der Waals surface area contributed by atoms with Crippen LogP contribution in [0.2, 0.25) is 0 Å². The van der Waals surface area contributed by atoms with Gasteiger partial charge >= 0.3 is 21.6 Å². The van der Waals surface area contributed by atoms with Crippen LogP contribution in [-0.2, 0) is 23.8 Å². The molecule has 1 rings (SSSR count). The van der Waals surface area contributed by atoms with E-state index in [1.54, 1.807) is 6.07 Å². The topological polar surface area (TPSA) is 93.5 Å². The number of esters is 1. The minimum atomic E-state index is -5.75. The molecular formula is C10H10F3NO5S. The molecule has 10 heteroatoms. The smallest absolute Gasteiger partial charge is 0.459 e. The monoisotopic (exact) mass is 313 g/mol. The first-order valence-corrected chi connectivity index (χ1v) is 6.68. The highest BCUT2D eigenvalue weighted by atomic mass is 32.2. The van der Waals surface area contributed by atoms with Gasteiger partial charge in [0.2, 0.25) is 0 Å². The first-order valence-electron chi connectivity index (χ1n) is 5.27. The SMILES string of the molecule is C=CCC1(C#N)CC(COS(=O)(=O)C(F)(F)F)OC1=O. The van der Waals surface area contributed by atoms with E-state index in [0.717, 1.165) is 0 Å². The van der Waals surface area contributed by atoms with Gasteiger partial charge in [-0.2, -0.15) is 26.9 Å². The van der Waals surface area contributed by atoms with E-state index in [2.05, 4.69) is 15.5 Å². The number of nitriles is 1. The molecule has 1 aliphatic rings. The predicted molar refractivity (Wildman–Crippen MR) is 58.3 cm³/mol. The van der Waals surface area contributed by atoms with E-state index in [0.29, 0.717) is 0 Å². The average Bonchev–Trinajstić information content (AvgIpc) is 2.63. The third kappa shape index (κ3) is 3.10. The fourth-order valence-corrected chi connectivity index (χ4v) is 2.12. The van der Waals surface area contributed by atoms with Crippen LogP contribution >= 0.6 is 0 Å². The summed E-state index contributed by atoms with van der Waals surface area (Å²) in [6.45, 7) is 2.37. The number of allylic oxidation sites excluding steroid dienone is 1. The van der Waals surface area contributed by atoms with Crippen LogP contribution in [0.3, 0.4) is 0 Å². The summed E-state index contributed by atoms with van der Waals surface area (Å²) < 4.78 is 65.9. The van der Waals surface area contributed by atoms with Crippen molar-refractivity contribution in [2.24, 2.45) is 5.41 Å². The molecule has 0 aromatic carbocycles. The maximum atomic E-state index is 12.0. The Balaban J connectivity index is 2.73. The van der Waals surface area contributed by atoms with Gasteiger partial charge in [-0.15, -0.1) is 6.58 Å². The Hall–Kier alpha value is -1.60. The van der Waals surface area contributed by atoms with Gasteiger partial charge in [0.25, 0.3) is 0 Å². The predicted octanol–water partition coefficient (Wildman–Crippen LogP) is 1.25. The van der Waals surface area contributed by atoms with E-state index < -0.39 is 39.7 Å². The zero-order chi connectivity index (χ0) is 15.6. The second-order valence-corrected chi connectivity index (χ2v) is 5.71. The van der Waals surface area contributed by atoms with E-state index in [-0.39, 0.29) is 12.8 Å². The number of carbonyl (C=O) groups excluding carboxylic acids is 1. The highest BCUT2D eigenvalue weighted by Gasteiger charge is 2.51. The van der Waals surface area contributed by atoms with Gasteiger partial charge in [0.05, 0.1) is 6.07 Å². The number of rotatable bonds is 5. The molecule has 0 saturated carbocycles. The molecule has 6 nitrogen and oxygen atoms in total. The zero-order valence-corrected chi connectivity index (χ0v) is 10.8. The van der Waals surface area contributed by atoms with Crippen LogP contribution in [0.4, 0.5) is 13.2 Å². The van der Waals surface area contributed by atoms with Gasteiger partial charge in [0.15, 0.2) is 5.41 Å². The van der Waals surface area contributed by atoms with Crippen molar-refractivity contribution in [3.8, 4) is 6.07 Å². The molecule has 0 N–H and O–H groups in total.